The molecular weight excluding hydrogens is 252 g/mol. The summed E-state index contributed by atoms with van der Waals surface area (Å²) in [7, 11) is -1.94. The predicted molar refractivity (Wildman–Crippen MR) is 72.5 cm³/mol. The second kappa shape index (κ2) is 6.32. The maximum absolute atomic E-state index is 11.9. The van der Waals surface area contributed by atoms with Crippen molar-refractivity contribution >= 4 is 10.2 Å². The number of hydrogen-bond donors (Lipinski definition) is 2. The predicted octanol–water partition coefficient (Wildman–Crippen LogP) is 1.25. The second-order valence-electron chi connectivity index (χ2n) is 5.57. The highest BCUT2D eigenvalue weighted by molar-refractivity contribution is 7.87. The molecular formula is C12H26N2O3S. The van der Waals surface area contributed by atoms with Crippen molar-refractivity contribution in [3.63, 3.8) is 0 Å². The van der Waals surface area contributed by atoms with Gasteiger partial charge in [-0.1, -0.05) is 25.7 Å². The summed E-state index contributed by atoms with van der Waals surface area (Å²) in [6, 6.07) is -0.0914. The molecule has 1 rings (SSSR count). The summed E-state index contributed by atoms with van der Waals surface area (Å²) in [5.41, 5.74) is -0.874. The smallest absolute Gasteiger partial charge is 0.279 e. The summed E-state index contributed by atoms with van der Waals surface area (Å²) in [5, 5.41) is 10.4. The minimum Gasteiger partial charge on any atom is -0.389 e. The maximum Gasteiger partial charge on any atom is 0.279 e. The zero-order valence-corrected chi connectivity index (χ0v) is 12.5. The standard InChI is InChI=1S/C12H26N2O3S/c1-11(2)14(3)18(16,17)13-10-12(15)8-6-4-5-7-9-12/h11,13,15H,4-10H2,1-3H3. The molecule has 1 saturated carbocycles. The molecule has 5 nitrogen and oxygen atoms in total. The van der Waals surface area contributed by atoms with Crippen molar-refractivity contribution in [3.8, 4) is 0 Å². The second-order valence-corrected chi connectivity index (χ2v) is 7.39. The molecule has 6 heteroatoms. The third-order valence-corrected chi connectivity index (χ3v) is 5.41. The lowest BCUT2D eigenvalue weighted by Crippen LogP contribution is -2.48. The molecule has 1 fully saturated rings. The van der Waals surface area contributed by atoms with E-state index in [1.165, 1.54) is 4.31 Å². The average molecular weight is 278 g/mol. The van der Waals surface area contributed by atoms with Gasteiger partial charge in [0, 0.05) is 19.6 Å². The fourth-order valence-electron chi connectivity index (χ4n) is 2.17. The van der Waals surface area contributed by atoms with Gasteiger partial charge < -0.3 is 5.11 Å². The molecule has 1 aliphatic carbocycles. The first-order chi connectivity index (χ1) is 8.27. The number of hydrogen-bond acceptors (Lipinski definition) is 3. The van der Waals surface area contributed by atoms with Gasteiger partial charge in [-0.25, -0.2) is 0 Å². The topological polar surface area (TPSA) is 69.6 Å². The molecule has 108 valence electrons. The van der Waals surface area contributed by atoms with Crippen molar-refractivity contribution in [2.75, 3.05) is 13.6 Å². The Morgan fingerprint density at radius 2 is 1.72 bits per heavy atom. The summed E-state index contributed by atoms with van der Waals surface area (Å²) in [6.07, 6.45) is 5.56. The van der Waals surface area contributed by atoms with E-state index in [1.54, 1.807) is 7.05 Å². The highest BCUT2D eigenvalue weighted by Crippen LogP contribution is 2.26. The van der Waals surface area contributed by atoms with Crippen LogP contribution in [0.2, 0.25) is 0 Å². The van der Waals surface area contributed by atoms with E-state index in [2.05, 4.69) is 4.72 Å². The third-order valence-electron chi connectivity index (χ3n) is 3.72. The molecule has 0 amide bonds. The van der Waals surface area contributed by atoms with Crippen molar-refractivity contribution in [2.24, 2.45) is 0 Å². The molecule has 0 aliphatic heterocycles. The van der Waals surface area contributed by atoms with Gasteiger partial charge in [0.05, 0.1) is 5.60 Å². The van der Waals surface area contributed by atoms with Crippen LogP contribution in [0.4, 0.5) is 0 Å². The molecule has 0 saturated heterocycles. The molecule has 0 spiro atoms. The molecule has 0 aromatic heterocycles. The molecule has 1 aliphatic rings. The van der Waals surface area contributed by atoms with Crippen LogP contribution in [-0.2, 0) is 10.2 Å². The summed E-state index contributed by atoms with van der Waals surface area (Å²) in [4.78, 5) is 0. The first-order valence-electron chi connectivity index (χ1n) is 6.72. The molecule has 0 radical (unpaired) electrons. The van der Waals surface area contributed by atoms with Crippen LogP contribution in [0.3, 0.4) is 0 Å². The number of rotatable bonds is 5. The fraction of sp³-hybridized carbons (Fsp3) is 1.00. The van der Waals surface area contributed by atoms with Gasteiger partial charge in [0.25, 0.3) is 10.2 Å². The van der Waals surface area contributed by atoms with Crippen molar-refractivity contribution in [1.29, 1.82) is 0 Å². The lowest BCUT2D eigenvalue weighted by molar-refractivity contribution is 0.0299. The van der Waals surface area contributed by atoms with Gasteiger partial charge in [-0.15, -0.1) is 0 Å². The van der Waals surface area contributed by atoms with Gasteiger partial charge in [-0.2, -0.15) is 17.4 Å². The van der Waals surface area contributed by atoms with Gasteiger partial charge in [0.1, 0.15) is 0 Å². The Morgan fingerprint density at radius 1 is 1.22 bits per heavy atom. The Bertz CT molecular complexity index is 346. The molecule has 0 heterocycles. The Hall–Kier alpha value is -0.170. The first-order valence-corrected chi connectivity index (χ1v) is 8.16. The van der Waals surface area contributed by atoms with Crippen LogP contribution >= 0.6 is 0 Å². The Morgan fingerprint density at radius 3 is 2.17 bits per heavy atom. The molecule has 0 bridgehead atoms. The zero-order chi connectivity index (χ0) is 13.8. The van der Waals surface area contributed by atoms with E-state index in [4.69, 9.17) is 0 Å². The van der Waals surface area contributed by atoms with Crippen molar-refractivity contribution in [3.05, 3.63) is 0 Å². The van der Waals surface area contributed by atoms with E-state index >= 15 is 0 Å². The van der Waals surface area contributed by atoms with Gasteiger partial charge in [0.2, 0.25) is 0 Å². The summed E-state index contributed by atoms with van der Waals surface area (Å²) >= 11 is 0. The van der Waals surface area contributed by atoms with Gasteiger partial charge in [0.15, 0.2) is 0 Å². The molecule has 2 N–H and O–H groups in total. The van der Waals surface area contributed by atoms with Gasteiger partial charge in [-0.3, -0.25) is 0 Å². The number of nitrogens with zero attached hydrogens (tertiary/aromatic N) is 1. The molecule has 0 aromatic rings. The average Bonchev–Trinajstić information content (AvgIpc) is 2.51. The minimum atomic E-state index is -3.49. The van der Waals surface area contributed by atoms with Crippen LogP contribution < -0.4 is 4.72 Å². The van der Waals surface area contributed by atoms with E-state index in [9.17, 15) is 13.5 Å². The third kappa shape index (κ3) is 4.50. The van der Waals surface area contributed by atoms with Gasteiger partial charge >= 0.3 is 0 Å². The highest BCUT2D eigenvalue weighted by atomic mass is 32.2. The quantitative estimate of drug-likeness (QED) is 0.744. The molecule has 0 aromatic carbocycles. The van der Waals surface area contributed by atoms with E-state index in [-0.39, 0.29) is 12.6 Å². The lowest BCUT2D eigenvalue weighted by atomic mass is 9.95. The van der Waals surface area contributed by atoms with Crippen molar-refractivity contribution in [2.45, 2.75) is 64.0 Å². The summed E-state index contributed by atoms with van der Waals surface area (Å²) in [6.45, 7) is 3.76. The molecule has 18 heavy (non-hydrogen) atoms. The van der Waals surface area contributed by atoms with Crippen LogP contribution in [-0.4, -0.2) is 43.1 Å². The number of aliphatic hydroxyl groups is 1. The Kier molecular flexibility index (Phi) is 5.58. The van der Waals surface area contributed by atoms with Gasteiger partial charge in [-0.05, 0) is 26.7 Å². The Balaban J connectivity index is 2.58. The van der Waals surface area contributed by atoms with Crippen molar-refractivity contribution in [1.82, 2.24) is 9.03 Å². The van der Waals surface area contributed by atoms with Crippen LogP contribution in [0.5, 0.6) is 0 Å². The van der Waals surface area contributed by atoms with E-state index < -0.39 is 15.8 Å². The number of nitrogens with one attached hydrogen (secondary N) is 1. The normalized spacial score (nSPS) is 21.2. The summed E-state index contributed by atoms with van der Waals surface area (Å²) < 4.78 is 27.7. The largest absolute Gasteiger partial charge is 0.389 e. The van der Waals surface area contributed by atoms with Crippen molar-refractivity contribution < 1.29 is 13.5 Å². The van der Waals surface area contributed by atoms with Crippen LogP contribution in [0, 0.1) is 0 Å². The summed E-state index contributed by atoms with van der Waals surface area (Å²) in [5.74, 6) is 0. The molecule has 0 atom stereocenters. The maximum atomic E-state index is 11.9. The van der Waals surface area contributed by atoms with E-state index in [0.29, 0.717) is 12.8 Å². The molecule has 0 unspecified atom stereocenters. The van der Waals surface area contributed by atoms with E-state index in [1.807, 2.05) is 13.8 Å². The minimum absolute atomic E-state index is 0.0914. The van der Waals surface area contributed by atoms with Crippen LogP contribution in [0.25, 0.3) is 0 Å². The first kappa shape index (κ1) is 15.9. The Labute approximate surface area is 111 Å². The lowest BCUT2D eigenvalue weighted by Gasteiger charge is -2.29. The van der Waals surface area contributed by atoms with E-state index in [0.717, 1.165) is 25.7 Å². The fourth-order valence-corrected chi connectivity index (χ4v) is 3.38. The zero-order valence-electron chi connectivity index (χ0n) is 11.6. The SMILES string of the molecule is CC(C)N(C)S(=O)(=O)NCC1(O)CCCCCC1. The highest BCUT2D eigenvalue weighted by Gasteiger charge is 2.30. The monoisotopic (exact) mass is 278 g/mol. The van der Waals surface area contributed by atoms with Crippen LogP contribution in [0.1, 0.15) is 52.4 Å². The van der Waals surface area contributed by atoms with Crippen LogP contribution in [0.15, 0.2) is 0 Å².